The molecule has 0 unspecified atom stereocenters. The first-order chi connectivity index (χ1) is 7.28. The molecule has 3 nitrogen and oxygen atoms in total. The molecule has 78 valence electrons. The number of hydrogen-bond donors (Lipinski definition) is 2. The lowest BCUT2D eigenvalue weighted by molar-refractivity contribution is -0.122. The Bertz CT molecular complexity index is 441. The van der Waals surface area contributed by atoms with Crippen molar-refractivity contribution < 1.29 is 9.90 Å². The molecule has 3 rings (SSSR count). The summed E-state index contributed by atoms with van der Waals surface area (Å²) in [5.74, 6) is -0.0350. The lowest BCUT2D eigenvalue weighted by Gasteiger charge is -2.30. The molecule has 1 aromatic carbocycles. The fraction of sp³-hybridized carbons (Fsp3) is 0.417. The maximum atomic E-state index is 11.9. The summed E-state index contributed by atoms with van der Waals surface area (Å²) in [5, 5.41) is 12.4. The van der Waals surface area contributed by atoms with E-state index in [1.165, 1.54) is 5.56 Å². The standard InChI is InChI=1S/C12H13NO2/c14-7-12-6-2-4-8-3-1-5-9(10(8)12)13-11(12)15/h1,3,5,14H,2,4,6-7H2,(H,13,15)/t12-/m0/s1. The molecule has 0 radical (unpaired) electrons. The first kappa shape index (κ1) is 8.92. The third-order valence-corrected chi connectivity index (χ3v) is 3.63. The van der Waals surface area contributed by atoms with E-state index in [0.717, 1.165) is 30.5 Å². The van der Waals surface area contributed by atoms with Gasteiger partial charge in [-0.3, -0.25) is 4.79 Å². The van der Waals surface area contributed by atoms with Crippen LogP contribution in [0.3, 0.4) is 0 Å². The molecule has 0 spiro atoms. The summed E-state index contributed by atoms with van der Waals surface area (Å²) in [6, 6.07) is 5.94. The van der Waals surface area contributed by atoms with Gasteiger partial charge in [0.15, 0.2) is 0 Å². The van der Waals surface area contributed by atoms with Gasteiger partial charge in [-0.1, -0.05) is 12.1 Å². The smallest absolute Gasteiger partial charge is 0.237 e. The van der Waals surface area contributed by atoms with Crippen molar-refractivity contribution >= 4 is 11.6 Å². The number of carbonyl (C=O) groups is 1. The molecule has 2 aliphatic rings. The van der Waals surface area contributed by atoms with Crippen molar-refractivity contribution in [1.29, 1.82) is 0 Å². The lowest BCUT2D eigenvalue weighted by atomic mass is 9.71. The van der Waals surface area contributed by atoms with Crippen molar-refractivity contribution in [2.24, 2.45) is 0 Å². The molecule has 1 aliphatic heterocycles. The largest absolute Gasteiger partial charge is 0.395 e. The van der Waals surface area contributed by atoms with E-state index in [1.807, 2.05) is 12.1 Å². The molecule has 3 heteroatoms. The van der Waals surface area contributed by atoms with Crippen LogP contribution in [-0.4, -0.2) is 17.6 Å². The van der Waals surface area contributed by atoms with Gasteiger partial charge >= 0.3 is 0 Å². The molecule has 1 aromatic rings. The predicted octanol–water partition coefficient (Wildman–Crippen LogP) is 1.21. The Kier molecular flexibility index (Phi) is 1.68. The monoisotopic (exact) mass is 203 g/mol. The van der Waals surface area contributed by atoms with Gasteiger partial charge in [-0.05, 0) is 36.5 Å². The molecule has 2 N–H and O–H groups in total. The molecule has 0 saturated heterocycles. The minimum absolute atomic E-state index is 0.0350. The number of aliphatic hydroxyl groups is 1. The van der Waals surface area contributed by atoms with Crippen LogP contribution >= 0.6 is 0 Å². The van der Waals surface area contributed by atoms with E-state index in [4.69, 9.17) is 0 Å². The SMILES string of the molecule is O=C1Nc2cccc3c2[C@@]1(CO)CCC3. The van der Waals surface area contributed by atoms with Crippen LogP contribution in [0.15, 0.2) is 18.2 Å². The van der Waals surface area contributed by atoms with Gasteiger partial charge in [-0.2, -0.15) is 0 Å². The molecule has 15 heavy (non-hydrogen) atoms. The maximum Gasteiger partial charge on any atom is 0.237 e. The number of benzene rings is 1. The topological polar surface area (TPSA) is 49.3 Å². The van der Waals surface area contributed by atoms with E-state index in [9.17, 15) is 9.90 Å². The van der Waals surface area contributed by atoms with E-state index in [2.05, 4.69) is 11.4 Å². The number of aliphatic hydroxyl groups excluding tert-OH is 1. The summed E-state index contributed by atoms with van der Waals surface area (Å²) in [7, 11) is 0. The number of aryl methyl sites for hydroxylation is 1. The van der Waals surface area contributed by atoms with E-state index in [1.54, 1.807) is 0 Å². The van der Waals surface area contributed by atoms with Gasteiger partial charge in [0, 0.05) is 5.69 Å². The molecule has 1 aliphatic carbocycles. The van der Waals surface area contributed by atoms with Crippen LogP contribution in [0, 0.1) is 0 Å². The number of hydrogen-bond acceptors (Lipinski definition) is 2. The first-order valence-electron chi connectivity index (χ1n) is 5.33. The van der Waals surface area contributed by atoms with Crippen LogP contribution in [0.2, 0.25) is 0 Å². The summed E-state index contributed by atoms with van der Waals surface area (Å²) in [6.45, 7) is -0.0805. The van der Waals surface area contributed by atoms with Crippen molar-refractivity contribution in [3.63, 3.8) is 0 Å². The second-order valence-corrected chi connectivity index (χ2v) is 4.39. The Morgan fingerprint density at radius 1 is 1.47 bits per heavy atom. The molecule has 0 bridgehead atoms. The Labute approximate surface area is 88.1 Å². The van der Waals surface area contributed by atoms with Crippen molar-refractivity contribution in [3.05, 3.63) is 29.3 Å². The molecular weight excluding hydrogens is 190 g/mol. The lowest BCUT2D eigenvalue weighted by Crippen LogP contribution is -2.40. The van der Waals surface area contributed by atoms with Crippen molar-refractivity contribution in [3.8, 4) is 0 Å². The predicted molar refractivity (Wildman–Crippen MR) is 56.8 cm³/mol. The molecule has 0 fully saturated rings. The number of amides is 1. The summed E-state index contributed by atoms with van der Waals surface area (Å²) >= 11 is 0. The van der Waals surface area contributed by atoms with Crippen LogP contribution in [0.25, 0.3) is 0 Å². The van der Waals surface area contributed by atoms with Crippen LogP contribution in [-0.2, 0) is 16.6 Å². The minimum atomic E-state index is -0.649. The first-order valence-corrected chi connectivity index (χ1v) is 5.33. The van der Waals surface area contributed by atoms with Crippen LogP contribution in [0.4, 0.5) is 5.69 Å². The average Bonchev–Trinajstić information content (AvgIpc) is 2.55. The second kappa shape index (κ2) is 2.83. The van der Waals surface area contributed by atoms with E-state index in [0.29, 0.717) is 0 Å². The third kappa shape index (κ3) is 0.960. The highest BCUT2D eigenvalue weighted by atomic mass is 16.3. The fourth-order valence-electron chi connectivity index (χ4n) is 2.88. The van der Waals surface area contributed by atoms with Gasteiger partial charge in [-0.15, -0.1) is 0 Å². The molecule has 1 heterocycles. The van der Waals surface area contributed by atoms with Crippen molar-refractivity contribution in [1.82, 2.24) is 0 Å². The summed E-state index contributed by atoms with van der Waals surface area (Å²) in [6.07, 6.45) is 2.75. The quantitative estimate of drug-likeness (QED) is 0.720. The fourth-order valence-corrected chi connectivity index (χ4v) is 2.88. The highest BCUT2D eigenvalue weighted by molar-refractivity contribution is 6.07. The molecule has 1 amide bonds. The van der Waals surface area contributed by atoms with Gasteiger partial charge < -0.3 is 10.4 Å². The minimum Gasteiger partial charge on any atom is -0.395 e. The average molecular weight is 203 g/mol. The zero-order valence-electron chi connectivity index (χ0n) is 8.42. The number of anilines is 1. The Balaban J connectivity index is 2.29. The van der Waals surface area contributed by atoms with Crippen molar-refractivity contribution in [2.45, 2.75) is 24.7 Å². The Morgan fingerprint density at radius 3 is 3.13 bits per heavy atom. The number of rotatable bonds is 1. The zero-order valence-corrected chi connectivity index (χ0v) is 8.42. The van der Waals surface area contributed by atoms with Gasteiger partial charge in [0.25, 0.3) is 0 Å². The van der Waals surface area contributed by atoms with E-state index >= 15 is 0 Å². The van der Waals surface area contributed by atoms with Crippen LogP contribution < -0.4 is 5.32 Å². The van der Waals surface area contributed by atoms with Gasteiger partial charge in [-0.25, -0.2) is 0 Å². The van der Waals surface area contributed by atoms with E-state index in [-0.39, 0.29) is 12.5 Å². The zero-order chi connectivity index (χ0) is 10.5. The molecular formula is C12H13NO2. The number of nitrogens with one attached hydrogen (secondary N) is 1. The normalized spacial score (nSPS) is 27.4. The molecule has 0 aromatic heterocycles. The third-order valence-electron chi connectivity index (χ3n) is 3.63. The molecule has 0 saturated carbocycles. The molecule has 1 atom stereocenters. The van der Waals surface area contributed by atoms with Gasteiger partial charge in [0.05, 0.1) is 12.0 Å². The summed E-state index contributed by atoms with van der Waals surface area (Å²) in [5.41, 5.74) is 2.51. The summed E-state index contributed by atoms with van der Waals surface area (Å²) in [4.78, 5) is 11.9. The van der Waals surface area contributed by atoms with E-state index < -0.39 is 5.41 Å². The van der Waals surface area contributed by atoms with Gasteiger partial charge in [0.1, 0.15) is 0 Å². The highest BCUT2D eigenvalue weighted by Crippen LogP contribution is 2.46. The highest BCUT2D eigenvalue weighted by Gasteiger charge is 2.48. The maximum absolute atomic E-state index is 11.9. The van der Waals surface area contributed by atoms with Crippen molar-refractivity contribution in [2.75, 3.05) is 11.9 Å². The summed E-state index contributed by atoms with van der Waals surface area (Å²) < 4.78 is 0. The van der Waals surface area contributed by atoms with Gasteiger partial charge in [0.2, 0.25) is 5.91 Å². The van der Waals surface area contributed by atoms with Crippen LogP contribution in [0.1, 0.15) is 24.0 Å². The number of carbonyl (C=O) groups excluding carboxylic acids is 1. The Morgan fingerprint density at radius 2 is 2.33 bits per heavy atom. The van der Waals surface area contributed by atoms with Crippen LogP contribution in [0.5, 0.6) is 0 Å². The Hall–Kier alpha value is -1.35. The second-order valence-electron chi connectivity index (χ2n) is 4.39.